The zero-order chi connectivity index (χ0) is 28.6. The van der Waals surface area contributed by atoms with E-state index in [9.17, 15) is 25.2 Å². The van der Waals surface area contributed by atoms with E-state index in [-0.39, 0.29) is 23.8 Å². The van der Waals surface area contributed by atoms with Crippen molar-refractivity contribution in [2.75, 3.05) is 25.2 Å². The van der Waals surface area contributed by atoms with Crippen LogP contribution in [0.4, 0.5) is 5.69 Å². The lowest BCUT2D eigenvalue weighted by atomic mass is 9.83. The fourth-order valence-electron chi connectivity index (χ4n) is 5.71. The molecule has 0 saturated carbocycles. The third kappa shape index (κ3) is 5.46. The summed E-state index contributed by atoms with van der Waals surface area (Å²) in [5, 5.41) is 44.4. The largest absolute Gasteiger partial charge is 0.394 e. The number of rotatable bonds is 8. The summed E-state index contributed by atoms with van der Waals surface area (Å²) >= 11 is 0. The lowest BCUT2D eigenvalue weighted by Crippen LogP contribution is -2.60. The normalized spacial score (nSPS) is 30.8. The number of carbonyl (C=O) groups excluding carboxylic acids is 1. The average Bonchev–Trinajstić information content (AvgIpc) is 3.34. The third-order valence-electron chi connectivity index (χ3n) is 8.47. The number of ether oxygens (including phenoxy) is 2. The Morgan fingerprint density at radius 2 is 1.97 bits per heavy atom. The molecule has 3 heterocycles. The number of aromatic amines is 1. The summed E-state index contributed by atoms with van der Waals surface area (Å²) in [5.74, 6) is -0.0751. The number of H-pyrrole nitrogens is 1. The van der Waals surface area contributed by atoms with E-state index in [1.54, 1.807) is 0 Å². The molecule has 1 saturated heterocycles. The minimum absolute atomic E-state index is 0.0226. The molecule has 0 bridgehead atoms. The molecule has 10 heteroatoms. The maximum atomic E-state index is 13.7. The molecule has 1 fully saturated rings. The van der Waals surface area contributed by atoms with Gasteiger partial charge in [0.2, 0.25) is 5.91 Å². The number of hydrogen-bond donors (Lipinski definition) is 6. The van der Waals surface area contributed by atoms with Crippen LogP contribution in [0, 0.1) is 5.92 Å². The molecule has 8 atom stereocenters. The van der Waals surface area contributed by atoms with Gasteiger partial charge in [0, 0.05) is 29.7 Å². The molecule has 2 aliphatic heterocycles. The zero-order valence-electron chi connectivity index (χ0n) is 23.4. The summed E-state index contributed by atoms with van der Waals surface area (Å²) in [7, 11) is 1.95. The number of amides is 1. The number of nitrogens with one attached hydrogen (secondary N) is 2. The third-order valence-corrected chi connectivity index (χ3v) is 8.47. The SMILES string of the molecule is C=CC(C)(C)c1ccc2c3c(c[nH]c13)C[C@@H](CO[C@@H]1O[C@@H](CO)[C@H](O)[C@@H](O)[C@@H]1O)NC(=O)[C@H]([C@@H](C)CC)N2C. The Morgan fingerprint density at radius 3 is 2.62 bits per heavy atom. The predicted octanol–water partition coefficient (Wildman–Crippen LogP) is 1.34. The van der Waals surface area contributed by atoms with E-state index in [4.69, 9.17) is 9.47 Å². The van der Waals surface area contributed by atoms with Crippen molar-refractivity contribution in [3.8, 4) is 0 Å². The van der Waals surface area contributed by atoms with E-state index in [1.807, 2.05) is 19.3 Å². The number of aliphatic hydroxyl groups is 4. The maximum Gasteiger partial charge on any atom is 0.243 e. The van der Waals surface area contributed by atoms with Crippen LogP contribution in [0.5, 0.6) is 0 Å². The van der Waals surface area contributed by atoms with Crippen LogP contribution < -0.4 is 10.2 Å². The lowest BCUT2D eigenvalue weighted by molar-refractivity contribution is -0.302. The number of aliphatic hydroxyl groups excluding tert-OH is 4. The van der Waals surface area contributed by atoms with E-state index < -0.39 is 49.4 Å². The fourth-order valence-corrected chi connectivity index (χ4v) is 5.71. The van der Waals surface area contributed by atoms with Crippen molar-refractivity contribution in [3.63, 3.8) is 0 Å². The molecule has 2 aromatic rings. The zero-order valence-corrected chi connectivity index (χ0v) is 23.4. The van der Waals surface area contributed by atoms with Crippen LogP contribution in [-0.2, 0) is 26.1 Å². The molecular weight excluding hydrogens is 502 g/mol. The van der Waals surface area contributed by atoms with Gasteiger partial charge in [-0.25, -0.2) is 0 Å². The number of carbonyl (C=O) groups is 1. The molecule has 39 heavy (non-hydrogen) atoms. The molecule has 0 unspecified atom stereocenters. The molecule has 0 aliphatic carbocycles. The van der Waals surface area contributed by atoms with E-state index in [0.29, 0.717) is 6.42 Å². The quantitative estimate of drug-likeness (QED) is 0.273. The predicted molar refractivity (Wildman–Crippen MR) is 149 cm³/mol. The highest BCUT2D eigenvalue weighted by Crippen LogP contribution is 2.39. The Hall–Kier alpha value is -2.47. The van der Waals surface area contributed by atoms with Crippen molar-refractivity contribution in [3.05, 3.63) is 42.1 Å². The van der Waals surface area contributed by atoms with Crippen molar-refractivity contribution < 1.29 is 34.7 Å². The summed E-state index contributed by atoms with van der Waals surface area (Å²) in [6, 6.07) is 3.26. The monoisotopic (exact) mass is 545 g/mol. The molecule has 10 nitrogen and oxygen atoms in total. The molecule has 6 N–H and O–H groups in total. The van der Waals surface area contributed by atoms with Gasteiger partial charge in [0.15, 0.2) is 6.29 Å². The molecule has 216 valence electrons. The molecule has 0 radical (unpaired) electrons. The second-order valence-electron chi connectivity index (χ2n) is 11.5. The van der Waals surface area contributed by atoms with Gasteiger partial charge in [0.25, 0.3) is 0 Å². The van der Waals surface area contributed by atoms with Crippen LogP contribution >= 0.6 is 0 Å². The molecular formula is C29H43N3O7. The summed E-state index contributed by atoms with van der Waals surface area (Å²) in [6.07, 6.45) is -1.75. The number of hydrogen-bond acceptors (Lipinski definition) is 8. The number of likely N-dealkylation sites (N-methyl/N-ethyl adjacent to an activating group) is 1. The van der Waals surface area contributed by atoms with Crippen LogP contribution in [0.2, 0.25) is 0 Å². The highest BCUT2D eigenvalue weighted by atomic mass is 16.7. The van der Waals surface area contributed by atoms with Crippen LogP contribution in [-0.4, -0.2) is 94.4 Å². The smallest absolute Gasteiger partial charge is 0.243 e. The van der Waals surface area contributed by atoms with Gasteiger partial charge in [0.1, 0.15) is 30.5 Å². The summed E-state index contributed by atoms with van der Waals surface area (Å²) < 4.78 is 11.4. The van der Waals surface area contributed by atoms with Gasteiger partial charge in [0.05, 0.1) is 24.8 Å². The fraction of sp³-hybridized carbons (Fsp3) is 0.621. The first-order chi connectivity index (χ1) is 18.4. The Bertz CT molecular complexity index is 1180. The second-order valence-corrected chi connectivity index (χ2v) is 11.5. The molecule has 4 rings (SSSR count). The highest BCUT2D eigenvalue weighted by molar-refractivity contribution is 6.00. The first-order valence-corrected chi connectivity index (χ1v) is 13.7. The second kappa shape index (κ2) is 11.6. The van der Waals surface area contributed by atoms with Crippen LogP contribution in [0.3, 0.4) is 0 Å². The van der Waals surface area contributed by atoms with E-state index in [0.717, 1.165) is 34.1 Å². The van der Waals surface area contributed by atoms with E-state index >= 15 is 0 Å². The summed E-state index contributed by atoms with van der Waals surface area (Å²) in [6.45, 7) is 11.8. The number of allylic oxidation sites excluding steroid dienone is 1. The average molecular weight is 546 g/mol. The summed E-state index contributed by atoms with van der Waals surface area (Å²) in [4.78, 5) is 19.2. The highest BCUT2D eigenvalue weighted by Gasteiger charge is 2.44. The van der Waals surface area contributed by atoms with Crippen molar-refractivity contribution in [2.45, 2.75) is 88.7 Å². The number of aromatic nitrogens is 1. The first kappa shape index (κ1) is 29.5. The van der Waals surface area contributed by atoms with Gasteiger partial charge >= 0.3 is 0 Å². The van der Waals surface area contributed by atoms with E-state index in [1.165, 1.54) is 0 Å². The van der Waals surface area contributed by atoms with Crippen LogP contribution in [0.15, 0.2) is 31.0 Å². The molecule has 1 amide bonds. The lowest BCUT2D eigenvalue weighted by Gasteiger charge is -2.40. The minimum atomic E-state index is -1.54. The van der Waals surface area contributed by atoms with Gasteiger partial charge < -0.3 is 45.1 Å². The van der Waals surface area contributed by atoms with Gasteiger partial charge in [-0.3, -0.25) is 4.79 Å². The molecule has 1 aromatic carbocycles. The van der Waals surface area contributed by atoms with Crippen molar-refractivity contribution in [1.82, 2.24) is 10.3 Å². The van der Waals surface area contributed by atoms with Crippen molar-refractivity contribution in [2.24, 2.45) is 5.92 Å². The topological polar surface area (TPSA) is 148 Å². The Labute approximate surface area is 229 Å². The molecule has 0 spiro atoms. The number of nitrogens with zero attached hydrogens (tertiary/aromatic N) is 1. The van der Waals surface area contributed by atoms with Crippen LogP contribution in [0.1, 0.15) is 45.2 Å². The molecule has 1 aromatic heterocycles. The Kier molecular flexibility index (Phi) is 8.75. The van der Waals surface area contributed by atoms with Gasteiger partial charge in [-0.1, -0.05) is 46.3 Å². The van der Waals surface area contributed by atoms with E-state index in [2.05, 4.69) is 61.6 Å². The van der Waals surface area contributed by atoms with Crippen molar-refractivity contribution in [1.29, 1.82) is 0 Å². The number of benzene rings is 1. The Balaban J connectivity index is 1.72. The minimum Gasteiger partial charge on any atom is -0.394 e. The Morgan fingerprint density at radius 1 is 1.26 bits per heavy atom. The molecule has 2 aliphatic rings. The van der Waals surface area contributed by atoms with Gasteiger partial charge in [-0.15, -0.1) is 6.58 Å². The van der Waals surface area contributed by atoms with Crippen molar-refractivity contribution >= 4 is 22.5 Å². The summed E-state index contributed by atoms with van der Waals surface area (Å²) in [5.41, 5.74) is 3.77. The van der Waals surface area contributed by atoms with Crippen LogP contribution in [0.25, 0.3) is 10.9 Å². The van der Waals surface area contributed by atoms with Gasteiger partial charge in [-0.2, -0.15) is 0 Å². The standard InChI is InChI=1S/C29H43N3O7/c1-7-15(3)23-27(37)31-17(14-38-28-26(36)25(35)24(34)20(13-33)39-28)11-16-12-30-22-18(29(4,5)8-2)9-10-19(21(16)22)32(23)6/h8-10,12,15,17,20,23-26,28,30,33-36H,2,7,11,13-14H2,1,3-6H3,(H,31,37)/t15-,17-,20-,23-,24-,25+,26-,28+/m0/s1. The first-order valence-electron chi connectivity index (χ1n) is 13.7. The maximum absolute atomic E-state index is 13.7. The van der Waals surface area contributed by atoms with Gasteiger partial charge in [-0.05, 0) is 29.5 Å². The number of anilines is 1.